The Morgan fingerprint density at radius 2 is 2.00 bits per heavy atom. The van der Waals surface area contributed by atoms with Gasteiger partial charge < -0.3 is 20.7 Å². The van der Waals surface area contributed by atoms with Gasteiger partial charge in [0.15, 0.2) is 5.43 Å². The third kappa shape index (κ3) is 6.44. The van der Waals surface area contributed by atoms with Crippen LogP contribution in [-0.4, -0.2) is 39.5 Å². The predicted octanol–water partition coefficient (Wildman–Crippen LogP) is 0.867. The van der Waals surface area contributed by atoms with Gasteiger partial charge in [0.05, 0.1) is 11.8 Å². The molecule has 2 rings (SSSR count). The number of carbonyl (C=O) groups is 2. The highest BCUT2D eigenvalue weighted by molar-refractivity contribution is 5.95. The number of amides is 2. The van der Waals surface area contributed by atoms with Gasteiger partial charge >= 0.3 is 0 Å². The Hall–Kier alpha value is -2.58. The van der Waals surface area contributed by atoms with Crippen molar-refractivity contribution in [3.05, 3.63) is 58.3 Å². The Labute approximate surface area is 155 Å². The van der Waals surface area contributed by atoms with Crippen molar-refractivity contribution in [2.75, 3.05) is 6.54 Å². The molecule has 0 aliphatic heterocycles. The van der Waals surface area contributed by atoms with Crippen LogP contribution in [0.1, 0.15) is 27.6 Å². The molecule has 136 valence electrons. The van der Waals surface area contributed by atoms with Gasteiger partial charge in [-0.15, -0.1) is 24.8 Å². The number of halogens is 2. The SMILES string of the molecule is CC(CNC(=O)c1c[nH]ccc1=O)NC(=O)c1cncc(O)c1.Cl.Cl. The molecule has 1 atom stereocenters. The van der Waals surface area contributed by atoms with Gasteiger partial charge in [0.1, 0.15) is 11.3 Å². The third-order valence-corrected chi connectivity index (χ3v) is 3.00. The first-order valence-corrected chi connectivity index (χ1v) is 6.87. The number of aromatic hydroxyl groups is 1. The summed E-state index contributed by atoms with van der Waals surface area (Å²) in [6.07, 6.45) is 5.30. The first-order valence-electron chi connectivity index (χ1n) is 6.87. The van der Waals surface area contributed by atoms with Crippen LogP contribution < -0.4 is 16.1 Å². The van der Waals surface area contributed by atoms with E-state index in [9.17, 15) is 19.5 Å². The average molecular weight is 389 g/mol. The number of pyridine rings is 2. The zero-order chi connectivity index (χ0) is 16.8. The summed E-state index contributed by atoms with van der Waals surface area (Å²) in [6, 6.07) is 2.17. The van der Waals surface area contributed by atoms with Crippen molar-refractivity contribution in [3.8, 4) is 5.75 Å². The number of aromatic amines is 1. The lowest BCUT2D eigenvalue weighted by atomic mass is 10.2. The van der Waals surface area contributed by atoms with Gasteiger partial charge in [-0.25, -0.2) is 0 Å². The smallest absolute Gasteiger partial charge is 0.256 e. The van der Waals surface area contributed by atoms with Gasteiger partial charge in [-0.2, -0.15) is 0 Å². The van der Waals surface area contributed by atoms with Gasteiger partial charge in [0, 0.05) is 37.2 Å². The number of carbonyl (C=O) groups excluding carboxylic acids is 2. The Morgan fingerprint density at radius 1 is 1.28 bits per heavy atom. The van der Waals surface area contributed by atoms with Crippen molar-refractivity contribution in [2.45, 2.75) is 13.0 Å². The molecule has 8 nitrogen and oxygen atoms in total. The van der Waals surface area contributed by atoms with Gasteiger partial charge in [-0.1, -0.05) is 0 Å². The molecule has 4 N–H and O–H groups in total. The van der Waals surface area contributed by atoms with Crippen LogP contribution in [0.15, 0.2) is 41.7 Å². The molecule has 2 aromatic heterocycles. The lowest BCUT2D eigenvalue weighted by Gasteiger charge is -2.14. The second-order valence-electron chi connectivity index (χ2n) is 4.94. The highest BCUT2D eigenvalue weighted by atomic mass is 35.5. The maximum atomic E-state index is 11.9. The molecule has 0 fully saturated rings. The topological polar surface area (TPSA) is 124 Å². The van der Waals surface area contributed by atoms with Crippen molar-refractivity contribution in [1.29, 1.82) is 0 Å². The molecule has 0 aliphatic carbocycles. The normalized spacial score (nSPS) is 10.6. The number of nitrogens with zero attached hydrogens (tertiary/aromatic N) is 1. The fourth-order valence-electron chi connectivity index (χ4n) is 1.84. The molecule has 0 saturated heterocycles. The van der Waals surface area contributed by atoms with Crippen LogP contribution in [0.4, 0.5) is 0 Å². The highest BCUT2D eigenvalue weighted by Gasteiger charge is 2.13. The van der Waals surface area contributed by atoms with Gasteiger partial charge in [0.2, 0.25) is 0 Å². The summed E-state index contributed by atoms with van der Waals surface area (Å²) < 4.78 is 0. The lowest BCUT2D eigenvalue weighted by molar-refractivity contribution is 0.0911. The quantitative estimate of drug-likeness (QED) is 0.604. The van der Waals surface area contributed by atoms with Gasteiger partial charge in [-0.3, -0.25) is 19.4 Å². The first kappa shape index (κ1) is 22.4. The van der Waals surface area contributed by atoms with E-state index < -0.39 is 11.8 Å². The minimum atomic E-state index is -0.521. The monoisotopic (exact) mass is 388 g/mol. The van der Waals surface area contributed by atoms with E-state index in [0.717, 1.165) is 0 Å². The Balaban J connectivity index is 0.00000288. The molecule has 2 aromatic rings. The summed E-state index contributed by atoms with van der Waals surface area (Å²) >= 11 is 0. The van der Waals surface area contributed by atoms with E-state index in [2.05, 4.69) is 20.6 Å². The zero-order valence-corrected chi connectivity index (χ0v) is 14.8. The number of nitrogens with one attached hydrogen (secondary N) is 3. The zero-order valence-electron chi connectivity index (χ0n) is 13.2. The number of rotatable bonds is 5. The Kier molecular flexibility index (Phi) is 9.25. The molecule has 0 saturated carbocycles. The van der Waals surface area contributed by atoms with Crippen molar-refractivity contribution in [1.82, 2.24) is 20.6 Å². The first-order chi connectivity index (χ1) is 11.0. The van der Waals surface area contributed by atoms with E-state index in [4.69, 9.17) is 0 Å². The molecular formula is C15H18Cl2N4O4. The fourth-order valence-corrected chi connectivity index (χ4v) is 1.84. The minimum absolute atomic E-state index is 0. The van der Waals surface area contributed by atoms with E-state index in [1.165, 1.54) is 36.9 Å². The Bertz CT molecular complexity index is 782. The third-order valence-electron chi connectivity index (χ3n) is 3.00. The van der Waals surface area contributed by atoms with Crippen LogP contribution in [0, 0.1) is 0 Å². The van der Waals surface area contributed by atoms with E-state index in [1.54, 1.807) is 6.92 Å². The minimum Gasteiger partial charge on any atom is -0.506 e. The summed E-state index contributed by atoms with van der Waals surface area (Å²) in [5, 5.41) is 14.5. The van der Waals surface area contributed by atoms with Gasteiger partial charge in [-0.05, 0) is 13.0 Å². The average Bonchev–Trinajstić information content (AvgIpc) is 2.53. The molecule has 10 heteroatoms. The molecule has 0 bridgehead atoms. The standard InChI is InChI=1S/C15H16N4O4.2ClH/c1-9(19-14(22)10-4-11(20)7-17-6-10)5-18-15(23)12-8-16-3-2-13(12)21;;/h2-4,6-9,20H,5H2,1H3,(H,16,21)(H,18,23)(H,19,22);2*1H. The second kappa shape index (κ2) is 10.3. The van der Waals surface area contributed by atoms with Crippen LogP contribution in [0.25, 0.3) is 0 Å². The van der Waals surface area contributed by atoms with E-state index >= 15 is 0 Å². The molecule has 0 spiro atoms. The molecule has 0 aromatic carbocycles. The van der Waals surface area contributed by atoms with Crippen LogP contribution in [0.3, 0.4) is 0 Å². The largest absolute Gasteiger partial charge is 0.506 e. The van der Waals surface area contributed by atoms with Crippen molar-refractivity contribution in [2.24, 2.45) is 0 Å². The highest BCUT2D eigenvalue weighted by Crippen LogP contribution is 2.08. The maximum Gasteiger partial charge on any atom is 0.256 e. The van der Waals surface area contributed by atoms with Crippen LogP contribution in [0.5, 0.6) is 5.75 Å². The summed E-state index contributed by atoms with van der Waals surface area (Å²) in [7, 11) is 0. The number of H-pyrrole nitrogens is 1. The van der Waals surface area contributed by atoms with Crippen LogP contribution in [0.2, 0.25) is 0 Å². The summed E-state index contributed by atoms with van der Waals surface area (Å²) in [4.78, 5) is 41.7. The molecule has 25 heavy (non-hydrogen) atoms. The molecule has 0 radical (unpaired) electrons. The number of aromatic nitrogens is 2. The maximum absolute atomic E-state index is 11.9. The van der Waals surface area contributed by atoms with Gasteiger partial charge in [0.25, 0.3) is 11.8 Å². The molecule has 0 aliphatic rings. The molecule has 2 heterocycles. The van der Waals surface area contributed by atoms with E-state index in [-0.39, 0.29) is 59.7 Å². The summed E-state index contributed by atoms with van der Waals surface area (Å²) in [5.74, 6) is -1.05. The molecule has 2 amide bonds. The lowest BCUT2D eigenvalue weighted by Crippen LogP contribution is -2.42. The van der Waals surface area contributed by atoms with Crippen molar-refractivity contribution in [3.63, 3.8) is 0 Å². The fraction of sp³-hybridized carbons (Fsp3) is 0.200. The van der Waals surface area contributed by atoms with E-state index in [1.807, 2.05) is 0 Å². The van der Waals surface area contributed by atoms with Crippen molar-refractivity contribution >= 4 is 36.6 Å². The second-order valence-corrected chi connectivity index (χ2v) is 4.94. The Morgan fingerprint density at radius 3 is 2.64 bits per heavy atom. The predicted molar refractivity (Wildman–Crippen MR) is 96.7 cm³/mol. The summed E-state index contributed by atoms with van der Waals surface area (Å²) in [6.45, 7) is 1.84. The number of hydrogen-bond acceptors (Lipinski definition) is 5. The van der Waals surface area contributed by atoms with Crippen molar-refractivity contribution < 1.29 is 14.7 Å². The summed E-state index contributed by atoms with van der Waals surface area (Å²) in [5.41, 5.74) is -0.172. The van der Waals surface area contributed by atoms with Crippen LogP contribution >= 0.6 is 24.8 Å². The molecule has 1 unspecified atom stereocenters. The number of hydrogen-bond donors (Lipinski definition) is 4. The molecular weight excluding hydrogens is 371 g/mol. The van der Waals surface area contributed by atoms with Crippen LogP contribution in [-0.2, 0) is 0 Å². The van der Waals surface area contributed by atoms with E-state index in [0.29, 0.717) is 0 Å².